The van der Waals surface area contributed by atoms with E-state index in [0.717, 1.165) is 16.0 Å². The molecule has 1 aromatic carbocycles. The highest BCUT2D eigenvalue weighted by Crippen LogP contribution is 2.35. The number of aromatic hydroxyl groups is 1. The van der Waals surface area contributed by atoms with Crippen molar-refractivity contribution in [1.82, 2.24) is 4.98 Å². The number of hydrogen-bond donors (Lipinski definition) is 1. The summed E-state index contributed by atoms with van der Waals surface area (Å²) in [6, 6.07) is 9.25. The van der Waals surface area contributed by atoms with Crippen LogP contribution in [0.5, 0.6) is 5.95 Å². The van der Waals surface area contributed by atoms with E-state index >= 15 is 0 Å². The van der Waals surface area contributed by atoms with Crippen LogP contribution in [0.15, 0.2) is 39.7 Å². The van der Waals surface area contributed by atoms with Crippen molar-refractivity contribution in [3.63, 3.8) is 0 Å². The molecular weight excluding hydrogens is 352 g/mol. The maximum atomic E-state index is 12.2. The topological polar surface area (TPSA) is 84.9 Å². The van der Waals surface area contributed by atoms with Crippen LogP contribution in [0.2, 0.25) is 0 Å². The van der Waals surface area contributed by atoms with E-state index in [-0.39, 0.29) is 11.6 Å². The Hall–Kier alpha value is -2.93. The van der Waals surface area contributed by atoms with Crippen LogP contribution in [-0.4, -0.2) is 28.9 Å². The summed E-state index contributed by atoms with van der Waals surface area (Å²) in [5.41, 5.74) is 2.23. The zero-order chi connectivity index (χ0) is 18.7. The quantitative estimate of drug-likeness (QED) is 0.522. The molecule has 0 unspecified atom stereocenters. The second kappa shape index (κ2) is 7.53. The Morgan fingerprint density at radius 3 is 2.77 bits per heavy atom. The van der Waals surface area contributed by atoms with Gasteiger partial charge in [-0.1, -0.05) is 18.2 Å². The molecule has 0 atom stereocenters. The Bertz CT molecular complexity index is 958. The predicted octanol–water partition coefficient (Wildman–Crippen LogP) is 4.65. The molecule has 0 saturated heterocycles. The number of oxazole rings is 1. The first kappa shape index (κ1) is 17.9. The number of ether oxygens (including phenoxy) is 1. The van der Waals surface area contributed by atoms with Gasteiger partial charge in [-0.15, -0.1) is 11.3 Å². The fourth-order valence-corrected chi connectivity index (χ4v) is 3.36. The number of thiophene rings is 1. The fourth-order valence-electron chi connectivity index (χ4n) is 2.38. The predicted molar refractivity (Wildman–Crippen MR) is 101 cm³/mol. The van der Waals surface area contributed by atoms with Crippen molar-refractivity contribution in [1.29, 1.82) is 0 Å². The minimum absolute atomic E-state index is 0.197. The van der Waals surface area contributed by atoms with Crippen molar-refractivity contribution in [2.75, 3.05) is 6.61 Å². The molecule has 0 aliphatic heterocycles. The lowest BCUT2D eigenvalue weighted by atomic mass is 10.1. The Balaban J connectivity index is 1.93. The molecule has 1 N–H and O–H groups in total. The summed E-state index contributed by atoms with van der Waals surface area (Å²) < 4.78 is 10.4. The molecular formula is C19H18N2O4S. The lowest BCUT2D eigenvalue weighted by Gasteiger charge is -2.02. The number of rotatable bonds is 5. The highest BCUT2D eigenvalue weighted by atomic mass is 32.1. The molecule has 0 radical (unpaired) electrons. The zero-order valence-corrected chi connectivity index (χ0v) is 15.5. The van der Waals surface area contributed by atoms with Crippen molar-refractivity contribution in [3.05, 3.63) is 52.0 Å². The maximum Gasteiger partial charge on any atom is 0.341 e. The van der Waals surface area contributed by atoms with Gasteiger partial charge < -0.3 is 14.3 Å². The molecule has 0 fully saturated rings. The SMILES string of the molecule is CCOC(=O)c1c(N=Cc2nc(-c3ccccc3)oc2O)sc(C)c1C. The fraction of sp³-hybridized carbons (Fsp3) is 0.211. The zero-order valence-electron chi connectivity index (χ0n) is 14.6. The normalized spacial score (nSPS) is 11.2. The molecule has 0 bridgehead atoms. The molecule has 0 aliphatic carbocycles. The van der Waals surface area contributed by atoms with Gasteiger partial charge in [0.15, 0.2) is 5.69 Å². The standard InChI is InChI=1S/C19H18N2O4S/c1-4-24-19(23)15-11(2)12(3)26-17(15)20-10-14-18(22)25-16(21-14)13-8-6-5-7-9-13/h5-10,22H,4H2,1-3H3. The molecule has 0 spiro atoms. The Kier molecular flexibility index (Phi) is 5.18. The second-order valence-corrected chi connectivity index (χ2v) is 6.72. The highest BCUT2D eigenvalue weighted by molar-refractivity contribution is 7.16. The number of aryl methyl sites for hydroxylation is 1. The van der Waals surface area contributed by atoms with Crippen LogP contribution in [-0.2, 0) is 4.74 Å². The van der Waals surface area contributed by atoms with Crippen molar-refractivity contribution in [3.8, 4) is 17.4 Å². The number of carbonyl (C=O) groups is 1. The summed E-state index contributed by atoms with van der Waals surface area (Å²) >= 11 is 1.38. The number of hydrogen-bond acceptors (Lipinski definition) is 7. The average Bonchev–Trinajstić information content (AvgIpc) is 3.14. The Morgan fingerprint density at radius 1 is 1.35 bits per heavy atom. The van der Waals surface area contributed by atoms with E-state index in [1.54, 1.807) is 6.92 Å². The minimum Gasteiger partial charge on any atom is -0.479 e. The lowest BCUT2D eigenvalue weighted by Crippen LogP contribution is -2.05. The lowest BCUT2D eigenvalue weighted by molar-refractivity contribution is 0.0527. The third-order valence-corrected chi connectivity index (χ3v) is 4.92. The number of esters is 1. The first-order valence-electron chi connectivity index (χ1n) is 8.07. The minimum atomic E-state index is -0.407. The van der Waals surface area contributed by atoms with Crippen LogP contribution >= 0.6 is 11.3 Å². The van der Waals surface area contributed by atoms with Crippen LogP contribution < -0.4 is 0 Å². The van der Waals surface area contributed by atoms with E-state index in [0.29, 0.717) is 23.1 Å². The van der Waals surface area contributed by atoms with Gasteiger partial charge in [-0.25, -0.2) is 14.8 Å². The van der Waals surface area contributed by atoms with Gasteiger partial charge in [0, 0.05) is 10.4 Å². The van der Waals surface area contributed by atoms with Crippen LogP contribution in [0.1, 0.15) is 33.4 Å². The largest absolute Gasteiger partial charge is 0.479 e. The molecule has 7 heteroatoms. The molecule has 3 aromatic rings. The van der Waals surface area contributed by atoms with Crippen molar-refractivity contribution >= 4 is 28.5 Å². The summed E-state index contributed by atoms with van der Waals surface area (Å²) in [5.74, 6) is -0.431. The van der Waals surface area contributed by atoms with Crippen LogP contribution in [0.25, 0.3) is 11.5 Å². The number of carbonyl (C=O) groups excluding carboxylic acids is 1. The summed E-state index contributed by atoms with van der Waals surface area (Å²) in [7, 11) is 0. The molecule has 0 amide bonds. The molecule has 0 saturated carbocycles. The number of aromatic nitrogens is 1. The maximum absolute atomic E-state index is 12.2. The van der Waals surface area contributed by atoms with Gasteiger partial charge in [0.25, 0.3) is 0 Å². The summed E-state index contributed by atoms with van der Waals surface area (Å²) in [6.07, 6.45) is 1.39. The van der Waals surface area contributed by atoms with Gasteiger partial charge in [0.05, 0.1) is 18.4 Å². The number of benzene rings is 1. The van der Waals surface area contributed by atoms with Gasteiger partial charge >= 0.3 is 11.9 Å². The molecule has 2 aromatic heterocycles. The summed E-state index contributed by atoms with van der Waals surface area (Å²) in [4.78, 5) is 21.8. The summed E-state index contributed by atoms with van der Waals surface area (Å²) in [5, 5.41) is 10.5. The molecule has 134 valence electrons. The molecule has 2 heterocycles. The van der Waals surface area contributed by atoms with Gasteiger partial charge in [-0.05, 0) is 38.5 Å². The van der Waals surface area contributed by atoms with E-state index in [4.69, 9.17) is 9.15 Å². The number of nitrogens with zero attached hydrogens (tertiary/aromatic N) is 2. The average molecular weight is 370 g/mol. The van der Waals surface area contributed by atoms with Crippen molar-refractivity contribution < 1.29 is 19.1 Å². The molecule has 6 nitrogen and oxygen atoms in total. The monoisotopic (exact) mass is 370 g/mol. The van der Waals surface area contributed by atoms with Crippen molar-refractivity contribution in [2.45, 2.75) is 20.8 Å². The Morgan fingerprint density at radius 2 is 2.08 bits per heavy atom. The number of aliphatic imine (C=N–C) groups is 1. The first-order chi connectivity index (χ1) is 12.5. The van der Waals surface area contributed by atoms with Crippen LogP contribution in [0.4, 0.5) is 5.00 Å². The molecule has 26 heavy (non-hydrogen) atoms. The van der Waals surface area contributed by atoms with Gasteiger partial charge in [0.1, 0.15) is 5.00 Å². The third kappa shape index (κ3) is 3.52. The van der Waals surface area contributed by atoms with Gasteiger partial charge in [-0.3, -0.25) is 0 Å². The highest BCUT2D eigenvalue weighted by Gasteiger charge is 2.20. The van der Waals surface area contributed by atoms with Crippen molar-refractivity contribution in [2.24, 2.45) is 4.99 Å². The van der Waals surface area contributed by atoms with E-state index in [1.165, 1.54) is 17.6 Å². The van der Waals surface area contributed by atoms with Crippen LogP contribution in [0.3, 0.4) is 0 Å². The summed E-state index contributed by atoms with van der Waals surface area (Å²) in [6.45, 7) is 5.83. The third-order valence-electron chi connectivity index (χ3n) is 3.81. The first-order valence-corrected chi connectivity index (χ1v) is 8.89. The Labute approximate surface area is 154 Å². The van der Waals surface area contributed by atoms with Gasteiger partial charge in [-0.2, -0.15) is 0 Å². The smallest absolute Gasteiger partial charge is 0.341 e. The van der Waals surface area contributed by atoms with Crippen LogP contribution in [0, 0.1) is 13.8 Å². The molecule has 0 aliphatic rings. The van der Waals surface area contributed by atoms with E-state index in [1.807, 2.05) is 44.2 Å². The van der Waals surface area contributed by atoms with Gasteiger partial charge in [0.2, 0.25) is 5.89 Å². The molecule has 3 rings (SSSR count). The second-order valence-electron chi connectivity index (χ2n) is 5.52. The van der Waals surface area contributed by atoms with E-state index < -0.39 is 5.97 Å². The van der Waals surface area contributed by atoms with E-state index in [9.17, 15) is 9.90 Å². The van der Waals surface area contributed by atoms with E-state index in [2.05, 4.69) is 9.98 Å².